The van der Waals surface area contributed by atoms with E-state index in [2.05, 4.69) is 5.32 Å². The molecule has 2 aromatic rings. The van der Waals surface area contributed by atoms with E-state index in [9.17, 15) is 14.9 Å². The lowest BCUT2D eigenvalue weighted by atomic mass is 9.93. The average molecular weight is 418 g/mol. The molecule has 0 fully saturated rings. The minimum Gasteiger partial charge on any atom is -0.466 e. The number of hydrogen-bond donors (Lipinski definition) is 1. The predicted molar refractivity (Wildman–Crippen MR) is 110 cm³/mol. The molecule has 144 valence electrons. The second-order valence-corrected chi connectivity index (χ2v) is 6.82. The number of hydrogen-bond acceptors (Lipinski definition) is 5. The molecule has 9 heteroatoms. The molecule has 0 aliphatic carbocycles. The lowest BCUT2D eigenvalue weighted by Gasteiger charge is -2.37. The molecule has 1 atom stereocenters. The number of nitrogens with zero attached hydrogens (tertiary/aromatic N) is 2. The Labute approximate surface area is 171 Å². The number of esters is 1. The van der Waals surface area contributed by atoms with Crippen molar-refractivity contribution < 1.29 is 14.5 Å². The van der Waals surface area contributed by atoms with Gasteiger partial charge in [0.2, 0.25) is 0 Å². The number of carbonyl (C=O) groups is 1. The second-order valence-electron chi connectivity index (χ2n) is 6.00. The highest BCUT2D eigenvalue weighted by molar-refractivity contribution is 7.80. The fourth-order valence-electron chi connectivity index (χ4n) is 3.15. The molecule has 0 bridgehead atoms. The van der Waals surface area contributed by atoms with Gasteiger partial charge in [0.05, 0.1) is 29.2 Å². The first-order valence-electron chi connectivity index (χ1n) is 8.23. The van der Waals surface area contributed by atoms with Crippen LogP contribution in [0, 0.1) is 10.1 Å². The maximum atomic E-state index is 12.6. The van der Waals surface area contributed by atoms with Crippen molar-refractivity contribution in [2.45, 2.75) is 13.0 Å². The molecule has 1 unspecified atom stereocenters. The van der Waals surface area contributed by atoms with Crippen LogP contribution in [-0.4, -0.2) is 23.1 Å². The first-order valence-corrected chi connectivity index (χ1v) is 9.02. The minimum absolute atomic E-state index is 0.114. The highest BCUT2D eigenvalue weighted by atomic mass is 35.5. The first-order chi connectivity index (χ1) is 13.3. The van der Waals surface area contributed by atoms with Crippen LogP contribution in [0.1, 0.15) is 18.5 Å². The van der Waals surface area contributed by atoms with Crippen LogP contribution in [0.4, 0.5) is 11.4 Å². The summed E-state index contributed by atoms with van der Waals surface area (Å²) < 4.78 is 4.95. The standard InChI is InChI=1S/C19H16ClN3O4S/c1-11-16(18(24)27-2)17(14-5-3-4-6-15(14)23(25)26)21-19(28)22(11)13-9-7-12(20)8-10-13/h3-10,17H,1-2H3,(H,21,28). The summed E-state index contributed by atoms with van der Waals surface area (Å²) in [6, 6.07) is 12.3. The van der Waals surface area contributed by atoms with Crippen molar-refractivity contribution in [2.24, 2.45) is 0 Å². The maximum absolute atomic E-state index is 12.6. The second kappa shape index (κ2) is 7.95. The van der Waals surface area contributed by atoms with Gasteiger partial charge in [-0.1, -0.05) is 23.7 Å². The van der Waals surface area contributed by atoms with Gasteiger partial charge in [0, 0.05) is 22.5 Å². The van der Waals surface area contributed by atoms with E-state index >= 15 is 0 Å². The Bertz CT molecular complexity index is 991. The monoisotopic (exact) mass is 417 g/mol. The summed E-state index contributed by atoms with van der Waals surface area (Å²) in [4.78, 5) is 25.3. The topological polar surface area (TPSA) is 84.7 Å². The number of para-hydroxylation sites is 1. The van der Waals surface area contributed by atoms with E-state index in [1.807, 2.05) is 0 Å². The normalized spacial score (nSPS) is 16.6. The fraction of sp³-hybridized carbons (Fsp3) is 0.158. The van der Waals surface area contributed by atoms with Crippen molar-refractivity contribution >= 4 is 46.3 Å². The lowest BCUT2D eigenvalue weighted by molar-refractivity contribution is -0.385. The molecule has 0 amide bonds. The van der Waals surface area contributed by atoms with E-state index in [1.165, 1.54) is 13.2 Å². The van der Waals surface area contributed by atoms with Crippen molar-refractivity contribution in [3.63, 3.8) is 0 Å². The molecule has 0 aromatic heterocycles. The van der Waals surface area contributed by atoms with Gasteiger partial charge in [0.25, 0.3) is 5.69 Å². The first kappa shape index (κ1) is 19.8. The summed E-state index contributed by atoms with van der Waals surface area (Å²) in [6.07, 6.45) is 0. The minimum atomic E-state index is -0.815. The largest absolute Gasteiger partial charge is 0.466 e. The van der Waals surface area contributed by atoms with Gasteiger partial charge in [-0.3, -0.25) is 15.0 Å². The number of ether oxygens (including phenoxy) is 1. The van der Waals surface area contributed by atoms with Crippen LogP contribution in [0.3, 0.4) is 0 Å². The van der Waals surface area contributed by atoms with Crippen molar-refractivity contribution in [3.05, 3.63) is 80.5 Å². The summed E-state index contributed by atoms with van der Waals surface area (Å²) in [5.41, 5.74) is 1.66. The van der Waals surface area contributed by atoms with Gasteiger partial charge >= 0.3 is 5.97 Å². The van der Waals surface area contributed by atoms with Crippen LogP contribution in [-0.2, 0) is 9.53 Å². The number of halogens is 1. The van der Waals surface area contributed by atoms with Crippen molar-refractivity contribution in [2.75, 3.05) is 12.0 Å². The summed E-state index contributed by atoms with van der Waals surface area (Å²) in [6.45, 7) is 1.72. The molecule has 1 aliphatic heterocycles. The number of benzene rings is 2. The highest BCUT2D eigenvalue weighted by Gasteiger charge is 2.37. The molecular weight excluding hydrogens is 402 g/mol. The van der Waals surface area contributed by atoms with E-state index in [0.717, 1.165) is 0 Å². The van der Waals surface area contributed by atoms with E-state index in [0.29, 0.717) is 27.1 Å². The van der Waals surface area contributed by atoms with E-state index in [4.69, 9.17) is 28.6 Å². The third kappa shape index (κ3) is 3.56. The number of nitro benzene ring substituents is 1. The number of rotatable bonds is 4. The van der Waals surface area contributed by atoms with Crippen LogP contribution >= 0.6 is 23.8 Å². The molecule has 0 spiro atoms. The number of methoxy groups -OCH3 is 1. The maximum Gasteiger partial charge on any atom is 0.337 e. The molecule has 1 heterocycles. The smallest absolute Gasteiger partial charge is 0.337 e. The van der Waals surface area contributed by atoms with Crippen LogP contribution in [0.2, 0.25) is 5.02 Å². The number of nitro groups is 1. The van der Waals surface area contributed by atoms with E-state index in [-0.39, 0.29) is 11.3 Å². The molecule has 3 rings (SSSR count). The van der Waals surface area contributed by atoms with Gasteiger partial charge < -0.3 is 10.1 Å². The molecule has 0 radical (unpaired) electrons. The molecule has 28 heavy (non-hydrogen) atoms. The Kier molecular flexibility index (Phi) is 5.62. The molecule has 0 saturated carbocycles. The average Bonchev–Trinajstić information content (AvgIpc) is 2.68. The van der Waals surface area contributed by atoms with Gasteiger partial charge in [0.1, 0.15) is 0 Å². The van der Waals surface area contributed by atoms with Gasteiger partial charge in [-0.2, -0.15) is 0 Å². The summed E-state index contributed by atoms with van der Waals surface area (Å²) in [5.74, 6) is -0.602. The van der Waals surface area contributed by atoms with Gasteiger partial charge in [-0.05, 0) is 49.5 Å². The molecule has 7 nitrogen and oxygen atoms in total. The highest BCUT2D eigenvalue weighted by Crippen LogP contribution is 2.37. The summed E-state index contributed by atoms with van der Waals surface area (Å²) in [5, 5.41) is 15.4. The Morgan fingerprint density at radius 3 is 2.50 bits per heavy atom. The Morgan fingerprint density at radius 2 is 1.89 bits per heavy atom. The summed E-state index contributed by atoms with van der Waals surface area (Å²) in [7, 11) is 1.26. The van der Waals surface area contributed by atoms with Gasteiger partial charge in [-0.15, -0.1) is 0 Å². The van der Waals surface area contributed by atoms with E-state index in [1.54, 1.807) is 54.3 Å². The van der Waals surface area contributed by atoms with E-state index < -0.39 is 16.9 Å². The molecule has 0 saturated heterocycles. The fourth-order valence-corrected chi connectivity index (χ4v) is 3.64. The zero-order valence-electron chi connectivity index (χ0n) is 15.0. The number of thiocarbonyl (C=S) groups is 1. The molecule has 1 N–H and O–H groups in total. The zero-order chi connectivity index (χ0) is 20.4. The Hall–Kier alpha value is -2.97. The third-order valence-corrected chi connectivity index (χ3v) is 4.97. The van der Waals surface area contributed by atoms with Crippen molar-refractivity contribution in [1.29, 1.82) is 0 Å². The summed E-state index contributed by atoms with van der Waals surface area (Å²) >= 11 is 11.5. The molecule has 2 aromatic carbocycles. The third-order valence-electron chi connectivity index (χ3n) is 4.42. The van der Waals surface area contributed by atoms with Crippen molar-refractivity contribution in [3.8, 4) is 0 Å². The number of anilines is 1. The SMILES string of the molecule is COC(=O)C1=C(C)N(c2ccc(Cl)cc2)C(=S)NC1c1ccccc1[N+](=O)[O-]. The van der Waals surface area contributed by atoms with Crippen LogP contribution < -0.4 is 10.2 Å². The molecular formula is C19H16ClN3O4S. The van der Waals surface area contributed by atoms with Gasteiger partial charge in [0.15, 0.2) is 5.11 Å². The quantitative estimate of drug-likeness (QED) is 0.346. The molecule has 1 aliphatic rings. The van der Waals surface area contributed by atoms with Crippen LogP contribution in [0.15, 0.2) is 59.8 Å². The number of nitrogens with one attached hydrogen (secondary N) is 1. The van der Waals surface area contributed by atoms with Crippen LogP contribution in [0.5, 0.6) is 0 Å². The Balaban J connectivity index is 2.19. The lowest BCUT2D eigenvalue weighted by Crippen LogP contribution is -2.48. The van der Waals surface area contributed by atoms with Gasteiger partial charge in [-0.25, -0.2) is 4.79 Å². The van der Waals surface area contributed by atoms with Crippen molar-refractivity contribution in [1.82, 2.24) is 5.32 Å². The van der Waals surface area contributed by atoms with Crippen LogP contribution in [0.25, 0.3) is 0 Å². The number of allylic oxidation sites excluding steroid dienone is 1. The zero-order valence-corrected chi connectivity index (χ0v) is 16.6. The predicted octanol–water partition coefficient (Wildman–Crippen LogP) is 4.13. The Morgan fingerprint density at radius 1 is 1.25 bits per heavy atom. The number of carbonyl (C=O) groups excluding carboxylic acids is 1.